The molecule has 1 fully saturated rings. The molecule has 3 heteroatoms. The van der Waals surface area contributed by atoms with Gasteiger partial charge in [0.15, 0.2) is 0 Å². The molecule has 0 heterocycles. The molecule has 2 rings (SSSR count). The Balaban J connectivity index is 2.06. The van der Waals surface area contributed by atoms with Gasteiger partial charge in [-0.1, -0.05) is 0 Å². The van der Waals surface area contributed by atoms with Crippen LogP contribution in [0.5, 0.6) is 5.75 Å². The maximum Gasteiger partial charge on any atom is 0.123 e. The van der Waals surface area contributed by atoms with Crippen LogP contribution in [-0.2, 0) is 0 Å². The Labute approximate surface area is 76.5 Å². The fourth-order valence-electron chi connectivity index (χ4n) is 1.24. The number of benzene rings is 1. The summed E-state index contributed by atoms with van der Waals surface area (Å²) < 4.78 is 18.2. The number of hydrogen-bond donors (Lipinski definition) is 1. The minimum Gasteiger partial charge on any atom is -0.486 e. The fourth-order valence-corrected chi connectivity index (χ4v) is 1.24. The van der Waals surface area contributed by atoms with Crippen molar-refractivity contribution in [3.05, 3.63) is 30.1 Å². The summed E-state index contributed by atoms with van der Waals surface area (Å²) in [4.78, 5) is 0. The monoisotopic (exact) mass is 181 g/mol. The molecule has 1 aliphatic rings. The van der Waals surface area contributed by atoms with Gasteiger partial charge in [-0.3, -0.25) is 0 Å². The predicted molar refractivity (Wildman–Crippen MR) is 48.0 cm³/mol. The summed E-state index contributed by atoms with van der Waals surface area (Å²) in [5, 5.41) is 0. The third kappa shape index (κ3) is 1.80. The van der Waals surface area contributed by atoms with Crippen LogP contribution in [0.1, 0.15) is 12.8 Å². The minimum atomic E-state index is -0.245. The zero-order valence-corrected chi connectivity index (χ0v) is 7.29. The average molecular weight is 181 g/mol. The Bertz CT molecular complexity index is 292. The van der Waals surface area contributed by atoms with Crippen molar-refractivity contribution in [2.45, 2.75) is 18.4 Å². The zero-order chi connectivity index (χ0) is 9.31. The van der Waals surface area contributed by atoms with Gasteiger partial charge < -0.3 is 10.5 Å². The molecule has 70 valence electrons. The highest BCUT2D eigenvalue weighted by Crippen LogP contribution is 2.39. The molecular formula is C10H12FNO. The lowest BCUT2D eigenvalue weighted by Crippen LogP contribution is -2.28. The van der Waals surface area contributed by atoms with E-state index in [0.29, 0.717) is 12.3 Å². The van der Waals surface area contributed by atoms with E-state index >= 15 is 0 Å². The van der Waals surface area contributed by atoms with Crippen molar-refractivity contribution >= 4 is 0 Å². The molecule has 0 radical (unpaired) electrons. The first-order valence-corrected chi connectivity index (χ1v) is 4.39. The molecule has 0 spiro atoms. The lowest BCUT2D eigenvalue weighted by molar-refractivity contribution is 0.187. The fraction of sp³-hybridized carbons (Fsp3) is 0.400. The van der Waals surface area contributed by atoms with Crippen LogP contribution in [-0.4, -0.2) is 12.1 Å². The maximum absolute atomic E-state index is 12.5. The van der Waals surface area contributed by atoms with E-state index < -0.39 is 0 Å². The number of hydrogen-bond acceptors (Lipinski definition) is 2. The van der Waals surface area contributed by atoms with Gasteiger partial charge in [-0.25, -0.2) is 4.39 Å². The second-order valence-electron chi connectivity index (χ2n) is 3.44. The van der Waals surface area contributed by atoms with E-state index in [2.05, 4.69) is 0 Å². The van der Waals surface area contributed by atoms with Crippen LogP contribution in [0.25, 0.3) is 0 Å². The molecule has 0 aromatic heterocycles. The van der Waals surface area contributed by atoms with E-state index in [0.717, 1.165) is 12.8 Å². The van der Waals surface area contributed by atoms with Crippen molar-refractivity contribution in [2.75, 3.05) is 6.54 Å². The third-order valence-corrected chi connectivity index (χ3v) is 2.33. The molecule has 0 aliphatic heterocycles. The molecule has 0 unspecified atom stereocenters. The molecule has 0 amide bonds. The molecular weight excluding hydrogens is 169 g/mol. The summed E-state index contributed by atoms with van der Waals surface area (Å²) in [6, 6.07) is 6.04. The summed E-state index contributed by atoms with van der Waals surface area (Å²) in [5.41, 5.74) is 5.39. The first-order valence-electron chi connectivity index (χ1n) is 4.39. The highest BCUT2D eigenvalue weighted by atomic mass is 19.1. The van der Waals surface area contributed by atoms with Gasteiger partial charge in [0.05, 0.1) is 0 Å². The first-order chi connectivity index (χ1) is 6.24. The van der Waals surface area contributed by atoms with Crippen molar-refractivity contribution in [1.29, 1.82) is 0 Å². The van der Waals surface area contributed by atoms with E-state index in [1.54, 1.807) is 12.1 Å². The van der Waals surface area contributed by atoms with Crippen molar-refractivity contribution in [1.82, 2.24) is 0 Å². The Hall–Kier alpha value is -1.09. The molecule has 2 N–H and O–H groups in total. The van der Waals surface area contributed by atoms with Crippen LogP contribution in [0.2, 0.25) is 0 Å². The molecule has 1 aromatic carbocycles. The molecule has 1 aromatic rings. The minimum absolute atomic E-state index is 0.155. The van der Waals surface area contributed by atoms with E-state index in [-0.39, 0.29) is 11.4 Å². The third-order valence-electron chi connectivity index (χ3n) is 2.33. The molecule has 0 atom stereocenters. The standard InChI is InChI=1S/C10H12FNO/c11-8-1-3-9(4-2-8)13-10(7-12)5-6-10/h1-4H,5-7,12H2. The van der Waals surface area contributed by atoms with Gasteiger partial charge in [0.2, 0.25) is 0 Å². The van der Waals surface area contributed by atoms with Gasteiger partial charge in [-0.15, -0.1) is 0 Å². The van der Waals surface area contributed by atoms with Crippen LogP contribution in [0.4, 0.5) is 4.39 Å². The van der Waals surface area contributed by atoms with E-state index in [1.807, 2.05) is 0 Å². The molecule has 0 saturated heterocycles. The van der Waals surface area contributed by atoms with Crippen molar-refractivity contribution in [3.63, 3.8) is 0 Å². The van der Waals surface area contributed by atoms with Crippen LogP contribution in [0.15, 0.2) is 24.3 Å². The summed E-state index contributed by atoms with van der Waals surface area (Å²) in [7, 11) is 0. The topological polar surface area (TPSA) is 35.2 Å². The number of halogens is 1. The zero-order valence-electron chi connectivity index (χ0n) is 7.29. The number of rotatable bonds is 3. The predicted octanol–water partition coefficient (Wildman–Crippen LogP) is 1.70. The lowest BCUT2D eigenvalue weighted by atomic mass is 10.3. The van der Waals surface area contributed by atoms with E-state index in [4.69, 9.17) is 10.5 Å². The van der Waals surface area contributed by atoms with Crippen molar-refractivity contribution in [2.24, 2.45) is 5.73 Å². The lowest BCUT2D eigenvalue weighted by Gasteiger charge is -2.15. The quantitative estimate of drug-likeness (QED) is 0.770. The Morgan fingerprint density at radius 1 is 1.31 bits per heavy atom. The number of nitrogens with two attached hydrogens (primary N) is 1. The largest absolute Gasteiger partial charge is 0.486 e. The maximum atomic E-state index is 12.5. The highest BCUT2D eigenvalue weighted by molar-refractivity contribution is 5.24. The van der Waals surface area contributed by atoms with Crippen LogP contribution in [0.3, 0.4) is 0 Å². The second-order valence-corrected chi connectivity index (χ2v) is 3.44. The van der Waals surface area contributed by atoms with Crippen LogP contribution >= 0.6 is 0 Å². The van der Waals surface area contributed by atoms with Gasteiger partial charge >= 0.3 is 0 Å². The summed E-state index contributed by atoms with van der Waals surface area (Å²) in [6.45, 7) is 0.532. The molecule has 0 bridgehead atoms. The van der Waals surface area contributed by atoms with Gasteiger partial charge in [0, 0.05) is 6.54 Å². The van der Waals surface area contributed by atoms with Crippen molar-refractivity contribution in [3.8, 4) is 5.75 Å². The van der Waals surface area contributed by atoms with Gasteiger partial charge in [0.25, 0.3) is 0 Å². The molecule has 1 aliphatic carbocycles. The first kappa shape index (κ1) is 8.51. The second kappa shape index (κ2) is 3.00. The molecule has 1 saturated carbocycles. The summed E-state index contributed by atoms with van der Waals surface area (Å²) in [5.74, 6) is 0.453. The Morgan fingerprint density at radius 2 is 1.92 bits per heavy atom. The SMILES string of the molecule is NCC1(Oc2ccc(F)cc2)CC1. The normalized spacial score (nSPS) is 18.3. The van der Waals surface area contributed by atoms with Crippen molar-refractivity contribution < 1.29 is 9.13 Å². The van der Waals surface area contributed by atoms with Crippen LogP contribution < -0.4 is 10.5 Å². The molecule has 13 heavy (non-hydrogen) atoms. The van der Waals surface area contributed by atoms with Gasteiger partial charge in [0.1, 0.15) is 17.2 Å². The Kier molecular flexibility index (Phi) is 1.96. The van der Waals surface area contributed by atoms with Crippen LogP contribution in [0, 0.1) is 5.82 Å². The van der Waals surface area contributed by atoms with Gasteiger partial charge in [-0.05, 0) is 37.1 Å². The van der Waals surface area contributed by atoms with E-state index in [9.17, 15) is 4.39 Å². The average Bonchev–Trinajstić information content (AvgIpc) is 2.90. The number of ether oxygens (including phenoxy) is 1. The smallest absolute Gasteiger partial charge is 0.123 e. The van der Waals surface area contributed by atoms with E-state index in [1.165, 1.54) is 12.1 Å². The Morgan fingerprint density at radius 3 is 2.38 bits per heavy atom. The van der Waals surface area contributed by atoms with Gasteiger partial charge in [-0.2, -0.15) is 0 Å². The highest BCUT2D eigenvalue weighted by Gasteiger charge is 2.44. The summed E-state index contributed by atoms with van der Waals surface area (Å²) in [6.07, 6.45) is 2.00. The molecule has 2 nitrogen and oxygen atoms in total. The summed E-state index contributed by atoms with van der Waals surface area (Å²) >= 11 is 0.